The van der Waals surface area contributed by atoms with E-state index >= 15 is 0 Å². The van der Waals surface area contributed by atoms with Crippen LogP contribution in [-0.2, 0) is 9.59 Å². The highest BCUT2D eigenvalue weighted by molar-refractivity contribution is 6.08. The number of urea groups is 1. The topological polar surface area (TPSA) is 78.5 Å². The maximum atomic E-state index is 12.2. The van der Waals surface area contributed by atoms with Gasteiger partial charge in [-0.2, -0.15) is 0 Å². The highest BCUT2D eigenvalue weighted by Gasteiger charge is 2.44. The second kappa shape index (κ2) is 5.55. The monoisotopic (exact) mass is 289 g/mol. The van der Waals surface area contributed by atoms with Gasteiger partial charge in [0.25, 0.3) is 5.91 Å². The lowest BCUT2D eigenvalue weighted by atomic mass is 9.87. The number of benzene rings is 1. The number of nitrogens with one attached hydrogen (secondary N) is 2. The van der Waals surface area contributed by atoms with Gasteiger partial charge < -0.3 is 10.6 Å². The van der Waals surface area contributed by atoms with Gasteiger partial charge in [-0.1, -0.05) is 39.0 Å². The first-order valence-corrected chi connectivity index (χ1v) is 6.76. The average Bonchev–Trinajstić information content (AvgIpc) is 2.68. The minimum absolute atomic E-state index is 0.286. The van der Waals surface area contributed by atoms with Gasteiger partial charge in [0.2, 0.25) is 5.91 Å². The number of hydrogen-bond donors (Lipinski definition) is 2. The molecule has 0 aliphatic carbocycles. The molecule has 6 heteroatoms. The predicted molar refractivity (Wildman–Crippen MR) is 78.6 cm³/mol. The Morgan fingerprint density at radius 1 is 1.24 bits per heavy atom. The molecule has 0 radical (unpaired) electrons. The number of carbonyl (C=O) groups is 3. The van der Waals surface area contributed by atoms with Crippen LogP contribution in [-0.4, -0.2) is 35.3 Å². The van der Waals surface area contributed by atoms with Crippen molar-refractivity contribution >= 4 is 23.5 Å². The molecule has 6 nitrogen and oxygen atoms in total. The van der Waals surface area contributed by atoms with E-state index in [4.69, 9.17) is 0 Å². The third kappa shape index (κ3) is 3.39. The Bertz CT molecular complexity index is 563. The lowest BCUT2D eigenvalue weighted by Gasteiger charge is -2.24. The molecule has 2 rings (SSSR count). The molecule has 0 bridgehead atoms. The van der Waals surface area contributed by atoms with Crippen molar-refractivity contribution in [2.24, 2.45) is 5.41 Å². The van der Waals surface area contributed by atoms with Gasteiger partial charge in [0, 0.05) is 5.69 Å². The van der Waals surface area contributed by atoms with E-state index in [0.717, 1.165) is 4.90 Å². The number of anilines is 1. The van der Waals surface area contributed by atoms with Crippen molar-refractivity contribution in [2.45, 2.75) is 26.8 Å². The molecule has 1 aromatic rings. The molecule has 2 N–H and O–H groups in total. The molecule has 0 saturated carbocycles. The summed E-state index contributed by atoms with van der Waals surface area (Å²) in [4.78, 5) is 36.9. The van der Waals surface area contributed by atoms with Crippen LogP contribution in [0.25, 0.3) is 0 Å². The second-order valence-electron chi connectivity index (χ2n) is 6.09. The van der Waals surface area contributed by atoms with Crippen molar-refractivity contribution in [1.82, 2.24) is 10.2 Å². The van der Waals surface area contributed by atoms with Gasteiger partial charge >= 0.3 is 6.03 Å². The number of imide groups is 1. The van der Waals surface area contributed by atoms with Crippen molar-refractivity contribution < 1.29 is 14.4 Å². The molecule has 1 saturated heterocycles. The number of para-hydroxylation sites is 1. The van der Waals surface area contributed by atoms with Crippen LogP contribution in [0.2, 0.25) is 0 Å². The van der Waals surface area contributed by atoms with Crippen molar-refractivity contribution in [1.29, 1.82) is 0 Å². The van der Waals surface area contributed by atoms with Crippen molar-refractivity contribution in [2.75, 3.05) is 11.9 Å². The van der Waals surface area contributed by atoms with E-state index in [0.29, 0.717) is 5.69 Å². The first-order valence-electron chi connectivity index (χ1n) is 6.76. The zero-order chi connectivity index (χ0) is 15.6. The Balaban J connectivity index is 2.01. The molecule has 1 fully saturated rings. The van der Waals surface area contributed by atoms with E-state index < -0.39 is 23.4 Å². The zero-order valence-electron chi connectivity index (χ0n) is 12.3. The molecule has 1 heterocycles. The molecule has 0 spiro atoms. The Kier molecular flexibility index (Phi) is 3.97. The smallest absolute Gasteiger partial charge is 0.325 e. The van der Waals surface area contributed by atoms with Gasteiger partial charge in [-0.05, 0) is 17.5 Å². The molecule has 4 amide bonds. The molecule has 112 valence electrons. The van der Waals surface area contributed by atoms with E-state index in [1.54, 1.807) is 24.3 Å². The van der Waals surface area contributed by atoms with Gasteiger partial charge in [-0.25, -0.2) is 4.79 Å². The molecule has 1 aromatic carbocycles. The Hall–Kier alpha value is -2.37. The summed E-state index contributed by atoms with van der Waals surface area (Å²) in [5, 5.41) is 5.27. The van der Waals surface area contributed by atoms with Gasteiger partial charge in [0.15, 0.2) is 0 Å². The number of amides is 4. The maximum Gasteiger partial charge on any atom is 0.325 e. The van der Waals surface area contributed by atoms with Gasteiger partial charge in [-0.3, -0.25) is 14.5 Å². The Morgan fingerprint density at radius 3 is 2.38 bits per heavy atom. The largest absolute Gasteiger partial charge is 0.325 e. The summed E-state index contributed by atoms with van der Waals surface area (Å²) < 4.78 is 0. The third-order valence-electron chi connectivity index (χ3n) is 3.25. The molecule has 0 aromatic heterocycles. The van der Waals surface area contributed by atoms with Crippen LogP contribution in [0.3, 0.4) is 0 Å². The normalized spacial score (nSPS) is 18.6. The minimum Gasteiger partial charge on any atom is -0.325 e. The quantitative estimate of drug-likeness (QED) is 0.829. The van der Waals surface area contributed by atoms with E-state index in [2.05, 4.69) is 10.6 Å². The maximum absolute atomic E-state index is 12.2. The van der Waals surface area contributed by atoms with Crippen LogP contribution in [0.4, 0.5) is 10.5 Å². The van der Waals surface area contributed by atoms with Crippen LogP contribution in [0.15, 0.2) is 30.3 Å². The number of hydrogen-bond acceptors (Lipinski definition) is 3. The molecule has 1 aliphatic rings. The van der Waals surface area contributed by atoms with E-state index in [-0.39, 0.29) is 12.5 Å². The number of carbonyl (C=O) groups excluding carboxylic acids is 3. The lowest BCUT2D eigenvalue weighted by Crippen LogP contribution is -2.42. The fourth-order valence-corrected chi connectivity index (χ4v) is 2.12. The van der Waals surface area contributed by atoms with Crippen LogP contribution in [0, 0.1) is 5.41 Å². The Morgan fingerprint density at radius 2 is 1.86 bits per heavy atom. The van der Waals surface area contributed by atoms with Crippen LogP contribution < -0.4 is 10.6 Å². The molecule has 1 atom stereocenters. The second-order valence-corrected chi connectivity index (χ2v) is 6.09. The Labute approximate surface area is 123 Å². The number of nitrogens with zero attached hydrogens (tertiary/aromatic N) is 1. The summed E-state index contributed by atoms with van der Waals surface area (Å²) in [5.74, 6) is -0.769. The fraction of sp³-hybridized carbons (Fsp3) is 0.400. The average molecular weight is 289 g/mol. The summed E-state index contributed by atoms with van der Waals surface area (Å²) >= 11 is 0. The van der Waals surface area contributed by atoms with Crippen LogP contribution in [0.5, 0.6) is 0 Å². The highest BCUT2D eigenvalue weighted by Crippen LogP contribution is 2.24. The van der Waals surface area contributed by atoms with Gasteiger partial charge in [0.05, 0.1) is 0 Å². The standard InChI is InChI=1S/C15H19N3O3/c1-15(2,3)12-13(20)18(14(21)17-12)9-11(19)16-10-7-5-4-6-8-10/h4-8,12H,9H2,1-3H3,(H,16,19)(H,17,21)/t12-/m1/s1. The SMILES string of the molecule is CC(C)(C)[C@@H]1NC(=O)N(CC(=O)Nc2ccccc2)C1=O. The number of rotatable bonds is 3. The predicted octanol–water partition coefficient (Wildman–Crippen LogP) is 1.59. The molecule has 21 heavy (non-hydrogen) atoms. The summed E-state index contributed by atoms with van der Waals surface area (Å²) in [7, 11) is 0. The zero-order valence-corrected chi connectivity index (χ0v) is 12.3. The summed E-state index contributed by atoms with van der Waals surface area (Å²) in [6.45, 7) is 5.31. The van der Waals surface area contributed by atoms with Gasteiger partial charge in [0.1, 0.15) is 12.6 Å². The van der Waals surface area contributed by atoms with E-state index in [9.17, 15) is 14.4 Å². The summed E-state index contributed by atoms with van der Waals surface area (Å²) in [6, 6.07) is 7.76. The summed E-state index contributed by atoms with van der Waals surface area (Å²) in [6.07, 6.45) is 0. The highest BCUT2D eigenvalue weighted by atomic mass is 16.2. The summed E-state index contributed by atoms with van der Waals surface area (Å²) in [5.41, 5.74) is 0.235. The molecule has 0 unspecified atom stereocenters. The van der Waals surface area contributed by atoms with Gasteiger partial charge in [-0.15, -0.1) is 0 Å². The molecular formula is C15H19N3O3. The first kappa shape index (κ1) is 15.0. The van der Waals surface area contributed by atoms with E-state index in [1.807, 2.05) is 26.8 Å². The van der Waals surface area contributed by atoms with Crippen LogP contribution >= 0.6 is 0 Å². The molecule has 1 aliphatic heterocycles. The van der Waals surface area contributed by atoms with Crippen LogP contribution in [0.1, 0.15) is 20.8 Å². The molecular weight excluding hydrogens is 270 g/mol. The van der Waals surface area contributed by atoms with E-state index in [1.165, 1.54) is 0 Å². The van der Waals surface area contributed by atoms with Crippen molar-refractivity contribution in [3.05, 3.63) is 30.3 Å². The lowest BCUT2D eigenvalue weighted by molar-refractivity contribution is -0.132. The first-order chi connectivity index (χ1) is 9.79. The van der Waals surface area contributed by atoms with Crippen molar-refractivity contribution in [3.8, 4) is 0 Å². The third-order valence-corrected chi connectivity index (χ3v) is 3.25. The fourth-order valence-electron chi connectivity index (χ4n) is 2.12. The van der Waals surface area contributed by atoms with Crippen molar-refractivity contribution in [3.63, 3.8) is 0 Å². The minimum atomic E-state index is -0.602.